The summed E-state index contributed by atoms with van der Waals surface area (Å²) in [4.78, 5) is 37.2. The SMILES string of the molecule is CCCOCCOC(=O)C1=C(C)NC(CO)=C(C(=O)OCCOCCC)C1c1cccc([N+](=O)[O-])c1. The van der Waals surface area contributed by atoms with Crippen molar-refractivity contribution in [1.82, 2.24) is 5.32 Å². The molecule has 1 aliphatic rings. The molecule has 1 aromatic carbocycles. The molecule has 0 aliphatic carbocycles. The molecule has 0 amide bonds. The molecule has 0 spiro atoms. The van der Waals surface area contributed by atoms with Crippen LogP contribution in [0.15, 0.2) is 46.8 Å². The van der Waals surface area contributed by atoms with Gasteiger partial charge in [-0.3, -0.25) is 10.1 Å². The highest BCUT2D eigenvalue weighted by molar-refractivity contribution is 6.00. The number of aliphatic hydroxyl groups excluding tert-OH is 1. The highest BCUT2D eigenvalue weighted by Crippen LogP contribution is 2.40. The molecule has 11 nitrogen and oxygen atoms in total. The number of carbonyl (C=O) groups excluding carboxylic acids is 2. The summed E-state index contributed by atoms with van der Waals surface area (Å²) in [5.41, 5.74) is 0.616. The number of dihydropyridines is 1. The van der Waals surface area contributed by atoms with Gasteiger partial charge in [-0.15, -0.1) is 0 Å². The largest absolute Gasteiger partial charge is 0.460 e. The van der Waals surface area contributed by atoms with Gasteiger partial charge < -0.3 is 29.4 Å². The average Bonchev–Trinajstić information content (AvgIpc) is 2.87. The molecule has 1 aromatic rings. The molecule has 0 radical (unpaired) electrons. The number of aliphatic hydroxyl groups is 1. The molecule has 0 saturated heterocycles. The van der Waals surface area contributed by atoms with E-state index in [0.29, 0.717) is 24.5 Å². The van der Waals surface area contributed by atoms with Gasteiger partial charge in [-0.05, 0) is 25.3 Å². The Bertz CT molecular complexity index is 987. The van der Waals surface area contributed by atoms with Gasteiger partial charge in [0.05, 0.1) is 47.5 Å². The van der Waals surface area contributed by atoms with Crippen LogP contribution < -0.4 is 5.32 Å². The fraction of sp³-hybridized carbons (Fsp3) is 0.520. The summed E-state index contributed by atoms with van der Waals surface area (Å²) in [5, 5.41) is 24.3. The van der Waals surface area contributed by atoms with Gasteiger partial charge in [-0.2, -0.15) is 0 Å². The number of ether oxygens (including phenoxy) is 4. The van der Waals surface area contributed by atoms with E-state index < -0.39 is 29.4 Å². The van der Waals surface area contributed by atoms with Crippen LogP contribution in [-0.2, 0) is 28.5 Å². The number of allylic oxidation sites excluding steroid dienone is 1. The molecule has 0 saturated carbocycles. The monoisotopic (exact) mass is 506 g/mol. The normalized spacial score (nSPS) is 15.5. The highest BCUT2D eigenvalue weighted by atomic mass is 16.6. The Balaban J connectivity index is 2.43. The van der Waals surface area contributed by atoms with Crippen molar-refractivity contribution in [3.05, 3.63) is 62.5 Å². The Kier molecular flexibility index (Phi) is 12.0. The van der Waals surface area contributed by atoms with E-state index in [0.717, 1.165) is 12.8 Å². The second-order valence-corrected chi connectivity index (χ2v) is 8.00. The number of esters is 2. The zero-order valence-corrected chi connectivity index (χ0v) is 20.9. The van der Waals surface area contributed by atoms with Crippen molar-refractivity contribution in [2.45, 2.75) is 39.5 Å². The van der Waals surface area contributed by atoms with E-state index in [4.69, 9.17) is 18.9 Å². The van der Waals surface area contributed by atoms with Crippen molar-refractivity contribution in [3.8, 4) is 0 Å². The van der Waals surface area contributed by atoms with Gasteiger partial charge in [0.2, 0.25) is 0 Å². The predicted octanol–water partition coefficient (Wildman–Crippen LogP) is 2.74. The van der Waals surface area contributed by atoms with Gasteiger partial charge in [0.1, 0.15) is 13.2 Å². The minimum Gasteiger partial charge on any atom is -0.460 e. The molecule has 2 rings (SSSR count). The number of rotatable bonds is 15. The third kappa shape index (κ3) is 7.87. The molecular formula is C25H34N2O9. The van der Waals surface area contributed by atoms with E-state index in [1.54, 1.807) is 13.0 Å². The smallest absolute Gasteiger partial charge is 0.336 e. The summed E-state index contributed by atoms with van der Waals surface area (Å²) >= 11 is 0. The first-order valence-electron chi connectivity index (χ1n) is 11.9. The van der Waals surface area contributed by atoms with Crippen LogP contribution in [0.25, 0.3) is 0 Å². The third-order valence-electron chi connectivity index (χ3n) is 5.28. The molecular weight excluding hydrogens is 472 g/mol. The third-order valence-corrected chi connectivity index (χ3v) is 5.28. The fourth-order valence-corrected chi connectivity index (χ4v) is 3.72. The lowest BCUT2D eigenvalue weighted by Gasteiger charge is -2.31. The Morgan fingerprint density at radius 3 is 2.08 bits per heavy atom. The van der Waals surface area contributed by atoms with Crippen molar-refractivity contribution < 1.29 is 38.6 Å². The number of non-ortho nitro benzene ring substituents is 1. The number of hydrogen-bond acceptors (Lipinski definition) is 10. The summed E-state index contributed by atoms with van der Waals surface area (Å²) in [7, 11) is 0. The van der Waals surface area contributed by atoms with Crippen LogP contribution in [-0.4, -0.2) is 68.2 Å². The molecule has 1 atom stereocenters. The zero-order chi connectivity index (χ0) is 26.5. The summed E-state index contributed by atoms with van der Waals surface area (Å²) in [6, 6.07) is 5.63. The maximum absolute atomic E-state index is 13.2. The maximum Gasteiger partial charge on any atom is 0.336 e. The van der Waals surface area contributed by atoms with E-state index in [1.165, 1.54) is 18.2 Å². The molecule has 1 aliphatic heterocycles. The Labute approximate surface area is 210 Å². The Morgan fingerprint density at radius 1 is 0.972 bits per heavy atom. The van der Waals surface area contributed by atoms with Gasteiger partial charge in [0.15, 0.2) is 0 Å². The van der Waals surface area contributed by atoms with Crippen LogP contribution in [0, 0.1) is 10.1 Å². The van der Waals surface area contributed by atoms with Gasteiger partial charge >= 0.3 is 11.9 Å². The van der Waals surface area contributed by atoms with Crippen LogP contribution in [0.4, 0.5) is 5.69 Å². The second kappa shape index (κ2) is 15.0. The van der Waals surface area contributed by atoms with Gasteiger partial charge in [0, 0.05) is 31.0 Å². The lowest BCUT2D eigenvalue weighted by molar-refractivity contribution is -0.384. The van der Waals surface area contributed by atoms with E-state index in [1.807, 2.05) is 13.8 Å². The summed E-state index contributed by atoms with van der Waals surface area (Å²) in [6.45, 7) is 6.33. The van der Waals surface area contributed by atoms with Crippen molar-refractivity contribution in [2.75, 3.05) is 46.2 Å². The summed E-state index contributed by atoms with van der Waals surface area (Å²) in [5.74, 6) is -2.57. The molecule has 1 unspecified atom stereocenters. The van der Waals surface area contributed by atoms with Crippen LogP contribution >= 0.6 is 0 Å². The van der Waals surface area contributed by atoms with E-state index >= 15 is 0 Å². The number of nitrogens with zero attached hydrogens (tertiary/aromatic N) is 1. The van der Waals surface area contributed by atoms with Crippen LogP contribution in [0.3, 0.4) is 0 Å². The topological polar surface area (TPSA) is 146 Å². The van der Waals surface area contributed by atoms with Crippen LogP contribution in [0.2, 0.25) is 0 Å². The Hall–Kier alpha value is -3.28. The molecule has 36 heavy (non-hydrogen) atoms. The lowest BCUT2D eigenvalue weighted by atomic mass is 9.80. The van der Waals surface area contributed by atoms with Crippen molar-refractivity contribution in [3.63, 3.8) is 0 Å². The van der Waals surface area contributed by atoms with E-state index in [2.05, 4.69) is 5.32 Å². The van der Waals surface area contributed by atoms with E-state index in [9.17, 15) is 24.8 Å². The maximum atomic E-state index is 13.2. The van der Waals surface area contributed by atoms with Gasteiger partial charge in [-0.25, -0.2) is 9.59 Å². The zero-order valence-electron chi connectivity index (χ0n) is 20.9. The fourth-order valence-electron chi connectivity index (χ4n) is 3.72. The quantitative estimate of drug-likeness (QED) is 0.157. The van der Waals surface area contributed by atoms with E-state index in [-0.39, 0.29) is 49.0 Å². The number of nitro benzene ring substituents is 1. The standard InChI is InChI=1S/C25H34N2O9/c1-4-9-33-11-13-35-24(29)21-17(3)26-20(16-28)23(25(30)36-14-12-34-10-5-2)22(21)18-7-6-8-19(15-18)27(31)32/h6-8,15,22,26,28H,4-5,9-14,16H2,1-3H3. The molecule has 11 heteroatoms. The van der Waals surface area contributed by atoms with Gasteiger partial charge in [0.25, 0.3) is 5.69 Å². The Morgan fingerprint density at radius 2 is 1.56 bits per heavy atom. The molecule has 1 heterocycles. The highest BCUT2D eigenvalue weighted by Gasteiger charge is 2.39. The number of benzene rings is 1. The molecule has 0 aromatic heterocycles. The predicted molar refractivity (Wildman–Crippen MR) is 130 cm³/mol. The molecule has 0 fully saturated rings. The number of hydrogen-bond donors (Lipinski definition) is 2. The van der Waals surface area contributed by atoms with Crippen molar-refractivity contribution in [2.24, 2.45) is 0 Å². The first-order valence-corrected chi connectivity index (χ1v) is 11.9. The number of nitrogens with one attached hydrogen (secondary N) is 1. The first-order chi connectivity index (χ1) is 17.3. The summed E-state index contributed by atoms with van der Waals surface area (Å²) < 4.78 is 21.5. The number of nitro groups is 1. The minimum atomic E-state index is -1.07. The van der Waals surface area contributed by atoms with Crippen LogP contribution in [0.5, 0.6) is 0 Å². The molecule has 198 valence electrons. The molecule has 2 N–H and O–H groups in total. The van der Waals surface area contributed by atoms with Crippen LogP contribution in [0.1, 0.15) is 45.1 Å². The lowest BCUT2D eigenvalue weighted by Crippen LogP contribution is -2.35. The van der Waals surface area contributed by atoms with Crippen molar-refractivity contribution >= 4 is 17.6 Å². The second-order valence-electron chi connectivity index (χ2n) is 8.00. The first kappa shape index (κ1) is 29.0. The minimum absolute atomic E-state index is 0.0115. The van der Waals surface area contributed by atoms with Gasteiger partial charge in [-0.1, -0.05) is 26.0 Å². The molecule has 0 bridgehead atoms. The average molecular weight is 507 g/mol. The summed E-state index contributed by atoms with van der Waals surface area (Å²) in [6.07, 6.45) is 1.63. The number of carbonyl (C=O) groups is 2. The van der Waals surface area contributed by atoms with Crippen molar-refractivity contribution in [1.29, 1.82) is 0 Å².